The fourth-order valence-corrected chi connectivity index (χ4v) is 1.46. The molecule has 1 heterocycles. The van der Waals surface area contributed by atoms with Crippen molar-refractivity contribution in [1.82, 2.24) is 14.8 Å². The first-order chi connectivity index (χ1) is 8.16. The van der Waals surface area contributed by atoms with Gasteiger partial charge in [0, 0.05) is 7.05 Å². The van der Waals surface area contributed by atoms with Crippen LogP contribution in [-0.4, -0.2) is 19.9 Å². The number of aliphatic hydroxyl groups excluding tert-OH is 1. The lowest BCUT2D eigenvalue weighted by Gasteiger charge is -2.09. The molecule has 0 aliphatic heterocycles. The standard InChI is InChI=1S/C12H15N3O2/c1-9(16)10-4-3-5-11(6-10)17-7-12-13-8-14-15(12)2/h3-6,8-9,16H,7H2,1-2H3/t9-/m0/s1. The van der Waals surface area contributed by atoms with E-state index in [-0.39, 0.29) is 0 Å². The summed E-state index contributed by atoms with van der Waals surface area (Å²) in [6.45, 7) is 2.08. The van der Waals surface area contributed by atoms with Crippen LogP contribution in [0.2, 0.25) is 0 Å². The van der Waals surface area contributed by atoms with Gasteiger partial charge in [-0.25, -0.2) is 4.98 Å². The van der Waals surface area contributed by atoms with Crippen LogP contribution in [0.4, 0.5) is 0 Å². The molecule has 0 saturated carbocycles. The Hall–Kier alpha value is -1.88. The van der Waals surface area contributed by atoms with Gasteiger partial charge in [-0.15, -0.1) is 0 Å². The SMILES string of the molecule is C[C@H](O)c1cccc(OCc2ncnn2C)c1. The molecular formula is C12H15N3O2. The number of hydrogen-bond donors (Lipinski definition) is 1. The van der Waals surface area contributed by atoms with Crippen molar-refractivity contribution in [3.05, 3.63) is 42.0 Å². The molecular weight excluding hydrogens is 218 g/mol. The molecule has 2 aromatic rings. The molecule has 0 bridgehead atoms. The molecule has 1 N–H and O–H groups in total. The number of rotatable bonds is 4. The van der Waals surface area contributed by atoms with Crippen LogP contribution in [0.15, 0.2) is 30.6 Å². The first kappa shape index (κ1) is 11.6. The Morgan fingerprint density at radius 3 is 2.94 bits per heavy atom. The Balaban J connectivity index is 2.04. The van der Waals surface area contributed by atoms with Crippen molar-refractivity contribution in [2.45, 2.75) is 19.6 Å². The van der Waals surface area contributed by atoms with Gasteiger partial charge in [-0.05, 0) is 24.6 Å². The van der Waals surface area contributed by atoms with Crippen molar-refractivity contribution < 1.29 is 9.84 Å². The monoisotopic (exact) mass is 233 g/mol. The van der Waals surface area contributed by atoms with Crippen LogP contribution in [0, 0.1) is 0 Å². The Bertz CT molecular complexity index is 494. The summed E-state index contributed by atoms with van der Waals surface area (Å²) in [5, 5.41) is 13.4. The number of ether oxygens (including phenoxy) is 1. The maximum absolute atomic E-state index is 9.46. The summed E-state index contributed by atoms with van der Waals surface area (Å²) in [6, 6.07) is 7.39. The molecule has 0 unspecified atom stereocenters. The number of aliphatic hydroxyl groups is 1. The maximum atomic E-state index is 9.46. The lowest BCUT2D eigenvalue weighted by Crippen LogP contribution is -2.04. The lowest BCUT2D eigenvalue weighted by atomic mass is 10.1. The maximum Gasteiger partial charge on any atom is 0.164 e. The third kappa shape index (κ3) is 2.82. The zero-order valence-corrected chi connectivity index (χ0v) is 9.87. The van der Waals surface area contributed by atoms with Gasteiger partial charge in [0.25, 0.3) is 0 Å². The Morgan fingerprint density at radius 1 is 1.47 bits per heavy atom. The van der Waals surface area contributed by atoms with Crippen LogP contribution in [0.3, 0.4) is 0 Å². The van der Waals surface area contributed by atoms with E-state index in [1.165, 1.54) is 6.33 Å². The van der Waals surface area contributed by atoms with Crippen LogP contribution < -0.4 is 4.74 Å². The summed E-state index contributed by atoms with van der Waals surface area (Å²) >= 11 is 0. The van der Waals surface area contributed by atoms with Crippen molar-refractivity contribution in [2.24, 2.45) is 7.05 Å². The molecule has 90 valence electrons. The molecule has 0 aliphatic rings. The molecule has 1 atom stereocenters. The molecule has 0 fully saturated rings. The first-order valence-electron chi connectivity index (χ1n) is 5.40. The van der Waals surface area contributed by atoms with Crippen molar-refractivity contribution >= 4 is 0 Å². The van der Waals surface area contributed by atoms with Crippen molar-refractivity contribution in [2.75, 3.05) is 0 Å². The fraction of sp³-hybridized carbons (Fsp3) is 0.333. The molecule has 0 radical (unpaired) electrons. The minimum atomic E-state index is -0.492. The number of aryl methyl sites for hydroxylation is 1. The van der Waals surface area contributed by atoms with E-state index >= 15 is 0 Å². The zero-order chi connectivity index (χ0) is 12.3. The zero-order valence-electron chi connectivity index (χ0n) is 9.87. The van der Waals surface area contributed by atoms with Crippen LogP contribution in [0.25, 0.3) is 0 Å². The number of hydrogen-bond acceptors (Lipinski definition) is 4. The van der Waals surface area contributed by atoms with Gasteiger partial charge in [0.1, 0.15) is 18.7 Å². The Morgan fingerprint density at radius 2 is 2.29 bits per heavy atom. The van der Waals surface area contributed by atoms with Crippen LogP contribution in [-0.2, 0) is 13.7 Å². The molecule has 5 heteroatoms. The van der Waals surface area contributed by atoms with Gasteiger partial charge in [0.05, 0.1) is 6.10 Å². The average molecular weight is 233 g/mol. The van der Waals surface area contributed by atoms with E-state index in [0.717, 1.165) is 11.4 Å². The largest absolute Gasteiger partial charge is 0.486 e. The summed E-state index contributed by atoms with van der Waals surface area (Å²) < 4.78 is 7.25. The van der Waals surface area contributed by atoms with Gasteiger partial charge in [-0.3, -0.25) is 4.68 Å². The second-order valence-corrected chi connectivity index (χ2v) is 3.84. The molecule has 0 saturated heterocycles. The summed E-state index contributed by atoms with van der Waals surface area (Å²) in [7, 11) is 1.82. The van der Waals surface area contributed by atoms with E-state index in [4.69, 9.17) is 4.74 Å². The topological polar surface area (TPSA) is 60.2 Å². The quantitative estimate of drug-likeness (QED) is 0.868. The normalized spacial score (nSPS) is 12.4. The molecule has 17 heavy (non-hydrogen) atoms. The third-order valence-electron chi connectivity index (χ3n) is 2.51. The predicted molar refractivity (Wildman–Crippen MR) is 62.4 cm³/mol. The molecule has 5 nitrogen and oxygen atoms in total. The van der Waals surface area contributed by atoms with Crippen LogP contribution in [0.1, 0.15) is 24.4 Å². The third-order valence-corrected chi connectivity index (χ3v) is 2.51. The molecule has 0 amide bonds. The van der Waals surface area contributed by atoms with Crippen molar-refractivity contribution in [1.29, 1.82) is 0 Å². The predicted octanol–water partition coefficient (Wildman–Crippen LogP) is 1.45. The highest BCUT2D eigenvalue weighted by Gasteiger charge is 2.04. The highest BCUT2D eigenvalue weighted by molar-refractivity contribution is 5.29. The van der Waals surface area contributed by atoms with Gasteiger partial charge in [-0.2, -0.15) is 5.10 Å². The summed E-state index contributed by atoms with van der Waals surface area (Å²) in [4.78, 5) is 4.07. The van der Waals surface area contributed by atoms with E-state index in [1.807, 2.05) is 31.3 Å². The summed E-state index contributed by atoms with van der Waals surface area (Å²) in [6.07, 6.45) is 0.999. The molecule has 0 spiro atoms. The lowest BCUT2D eigenvalue weighted by molar-refractivity contribution is 0.198. The van der Waals surface area contributed by atoms with E-state index in [9.17, 15) is 5.11 Å². The van der Waals surface area contributed by atoms with Crippen molar-refractivity contribution in [3.8, 4) is 5.75 Å². The number of benzene rings is 1. The van der Waals surface area contributed by atoms with E-state index in [1.54, 1.807) is 11.6 Å². The minimum Gasteiger partial charge on any atom is -0.486 e. The van der Waals surface area contributed by atoms with Crippen LogP contribution in [0.5, 0.6) is 5.75 Å². The van der Waals surface area contributed by atoms with Crippen molar-refractivity contribution in [3.63, 3.8) is 0 Å². The molecule has 1 aromatic carbocycles. The van der Waals surface area contributed by atoms with E-state index in [0.29, 0.717) is 12.4 Å². The van der Waals surface area contributed by atoms with Gasteiger partial charge in [0.2, 0.25) is 0 Å². The number of nitrogens with zero attached hydrogens (tertiary/aromatic N) is 3. The smallest absolute Gasteiger partial charge is 0.164 e. The fourth-order valence-electron chi connectivity index (χ4n) is 1.46. The minimum absolute atomic E-state index is 0.361. The van der Waals surface area contributed by atoms with Gasteiger partial charge in [0.15, 0.2) is 5.82 Å². The van der Waals surface area contributed by atoms with Crippen LogP contribution >= 0.6 is 0 Å². The molecule has 0 aliphatic carbocycles. The highest BCUT2D eigenvalue weighted by Crippen LogP contribution is 2.19. The molecule has 1 aromatic heterocycles. The first-order valence-corrected chi connectivity index (χ1v) is 5.40. The van der Waals surface area contributed by atoms with Gasteiger partial charge >= 0.3 is 0 Å². The summed E-state index contributed by atoms with van der Waals surface area (Å²) in [5.41, 5.74) is 0.834. The second-order valence-electron chi connectivity index (χ2n) is 3.84. The number of aromatic nitrogens is 3. The Labute approximate surface area is 99.7 Å². The van der Waals surface area contributed by atoms with E-state index < -0.39 is 6.10 Å². The molecule has 2 rings (SSSR count). The van der Waals surface area contributed by atoms with Gasteiger partial charge in [-0.1, -0.05) is 12.1 Å². The van der Waals surface area contributed by atoms with Gasteiger partial charge < -0.3 is 9.84 Å². The van der Waals surface area contributed by atoms with E-state index in [2.05, 4.69) is 10.1 Å². The summed E-state index contributed by atoms with van der Waals surface area (Å²) in [5.74, 6) is 1.47. The average Bonchev–Trinajstić information content (AvgIpc) is 2.72. The Kier molecular flexibility index (Phi) is 3.39. The second kappa shape index (κ2) is 4.97. The highest BCUT2D eigenvalue weighted by atomic mass is 16.5.